The fourth-order valence-corrected chi connectivity index (χ4v) is 1.44. The summed E-state index contributed by atoms with van der Waals surface area (Å²) in [6.07, 6.45) is 2.21. The highest BCUT2D eigenvalue weighted by atomic mass is 16.3. The van der Waals surface area contributed by atoms with Gasteiger partial charge in [0, 0.05) is 12.6 Å². The number of nitrogens with one attached hydrogen (secondary N) is 1. The molecular weight excluding hydrogens is 114 g/mol. The normalized spacial score (nSPS) is 35.3. The first kappa shape index (κ1) is 7.03. The van der Waals surface area contributed by atoms with E-state index in [2.05, 4.69) is 12.2 Å². The van der Waals surface area contributed by atoms with Gasteiger partial charge in [-0.15, -0.1) is 0 Å². The quantitative estimate of drug-likeness (QED) is 0.564. The van der Waals surface area contributed by atoms with Crippen LogP contribution in [0.4, 0.5) is 0 Å². The second-order valence-electron chi connectivity index (χ2n) is 2.92. The van der Waals surface area contributed by atoms with Crippen molar-refractivity contribution in [3.05, 3.63) is 0 Å². The Kier molecular flexibility index (Phi) is 2.49. The predicted octanol–water partition coefficient (Wildman–Crippen LogP) is 0.367. The van der Waals surface area contributed by atoms with E-state index in [1.807, 2.05) is 0 Å². The largest absolute Gasteiger partial charge is 0.396 e. The van der Waals surface area contributed by atoms with Crippen LogP contribution in [-0.4, -0.2) is 24.3 Å². The van der Waals surface area contributed by atoms with Gasteiger partial charge in [0.15, 0.2) is 0 Å². The smallest absolute Gasteiger partial charge is 0.0434 e. The molecule has 2 heteroatoms. The van der Waals surface area contributed by atoms with Gasteiger partial charge in [-0.05, 0) is 32.2 Å². The SMILES string of the molecule is CC1CC(CCO)CN1. The molecule has 0 aromatic carbocycles. The van der Waals surface area contributed by atoms with Gasteiger partial charge in [0.05, 0.1) is 0 Å². The number of aliphatic hydroxyl groups is 1. The predicted molar refractivity (Wildman–Crippen MR) is 37.3 cm³/mol. The molecule has 1 fully saturated rings. The zero-order chi connectivity index (χ0) is 6.69. The molecule has 1 aliphatic rings. The number of rotatable bonds is 2. The molecule has 54 valence electrons. The van der Waals surface area contributed by atoms with Crippen molar-refractivity contribution in [1.82, 2.24) is 5.32 Å². The molecule has 0 aromatic rings. The Bertz CT molecular complexity index is 83.0. The second-order valence-corrected chi connectivity index (χ2v) is 2.92. The molecule has 0 spiro atoms. The van der Waals surface area contributed by atoms with E-state index in [0.29, 0.717) is 12.6 Å². The van der Waals surface area contributed by atoms with Crippen LogP contribution >= 0.6 is 0 Å². The van der Waals surface area contributed by atoms with Gasteiger partial charge in [0.1, 0.15) is 0 Å². The summed E-state index contributed by atoms with van der Waals surface area (Å²) in [5.41, 5.74) is 0. The summed E-state index contributed by atoms with van der Waals surface area (Å²) < 4.78 is 0. The van der Waals surface area contributed by atoms with Gasteiger partial charge in [0.25, 0.3) is 0 Å². The molecule has 0 amide bonds. The van der Waals surface area contributed by atoms with E-state index in [-0.39, 0.29) is 0 Å². The average molecular weight is 129 g/mol. The molecule has 2 atom stereocenters. The monoisotopic (exact) mass is 129 g/mol. The van der Waals surface area contributed by atoms with Crippen LogP contribution in [0, 0.1) is 5.92 Å². The van der Waals surface area contributed by atoms with Gasteiger partial charge < -0.3 is 10.4 Å². The molecule has 1 heterocycles. The maximum Gasteiger partial charge on any atom is 0.0434 e. The lowest BCUT2D eigenvalue weighted by Gasteiger charge is -2.03. The molecule has 2 N–H and O–H groups in total. The van der Waals surface area contributed by atoms with Crippen LogP contribution in [0.5, 0.6) is 0 Å². The van der Waals surface area contributed by atoms with Crippen LogP contribution in [0.25, 0.3) is 0 Å². The maximum atomic E-state index is 8.59. The van der Waals surface area contributed by atoms with Crippen LogP contribution in [0.1, 0.15) is 19.8 Å². The Morgan fingerprint density at radius 2 is 2.44 bits per heavy atom. The molecule has 1 rings (SSSR count). The van der Waals surface area contributed by atoms with Crippen molar-refractivity contribution in [2.24, 2.45) is 5.92 Å². The van der Waals surface area contributed by atoms with Gasteiger partial charge in [-0.2, -0.15) is 0 Å². The van der Waals surface area contributed by atoms with E-state index in [1.165, 1.54) is 6.42 Å². The average Bonchev–Trinajstić information content (AvgIpc) is 2.17. The first-order chi connectivity index (χ1) is 4.33. The standard InChI is InChI=1S/C7H15NO/c1-6-4-7(2-3-9)5-8-6/h6-9H,2-5H2,1H3. The lowest BCUT2D eigenvalue weighted by Crippen LogP contribution is -2.16. The van der Waals surface area contributed by atoms with Crippen molar-refractivity contribution in [3.63, 3.8) is 0 Å². The van der Waals surface area contributed by atoms with Crippen LogP contribution in [0.3, 0.4) is 0 Å². The maximum absolute atomic E-state index is 8.59. The Labute approximate surface area is 56.3 Å². The van der Waals surface area contributed by atoms with Gasteiger partial charge in [-0.3, -0.25) is 0 Å². The van der Waals surface area contributed by atoms with Crippen LogP contribution in [-0.2, 0) is 0 Å². The fourth-order valence-electron chi connectivity index (χ4n) is 1.44. The molecule has 0 bridgehead atoms. The number of hydrogen-bond donors (Lipinski definition) is 2. The first-order valence-corrected chi connectivity index (χ1v) is 3.67. The minimum atomic E-state index is 0.346. The van der Waals surface area contributed by atoms with Crippen LogP contribution in [0.15, 0.2) is 0 Å². The minimum absolute atomic E-state index is 0.346. The molecule has 1 aliphatic heterocycles. The number of hydrogen-bond acceptors (Lipinski definition) is 2. The van der Waals surface area contributed by atoms with E-state index in [0.717, 1.165) is 18.9 Å². The summed E-state index contributed by atoms with van der Waals surface area (Å²) in [5.74, 6) is 0.727. The summed E-state index contributed by atoms with van der Waals surface area (Å²) in [6, 6.07) is 0.668. The van der Waals surface area contributed by atoms with E-state index in [9.17, 15) is 0 Å². The summed E-state index contributed by atoms with van der Waals surface area (Å²) in [5, 5.41) is 11.9. The fraction of sp³-hybridized carbons (Fsp3) is 1.00. The highest BCUT2D eigenvalue weighted by Crippen LogP contribution is 2.15. The van der Waals surface area contributed by atoms with E-state index in [1.54, 1.807) is 0 Å². The molecular formula is C7H15NO. The lowest BCUT2D eigenvalue weighted by molar-refractivity contribution is 0.261. The molecule has 1 saturated heterocycles. The summed E-state index contributed by atoms with van der Waals surface area (Å²) >= 11 is 0. The Morgan fingerprint density at radius 1 is 1.67 bits per heavy atom. The van der Waals surface area contributed by atoms with Crippen LogP contribution < -0.4 is 5.32 Å². The summed E-state index contributed by atoms with van der Waals surface area (Å²) in [4.78, 5) is 0. The summed E-state index contributed by atoms with van der Waals surface area (Å²) in [6.45, 7) is 3.64. The molecule has 2 unspecified atom stereocenters. The van der Waals surface area contributed by atoms with Crippen molar-refractivity contribution in [2.45, 2.75) is 25.8 Å². The van der Waals surface area contributed by atoms with Gasteiger partial charge in [-0.25, -0.2) is 0 Å². The Balaban J connectivity index is 2.14. The van der Waals surface area contributed by atoms with Crippen molar-refractivity contribution in [2.75, 3.05) is 13.2 Å². The third kappa shape index (κ3) is 1.95. The van der Waals surface area contributed by atoms with Gasteiger partial charge >= 0.3 is 0 Å². The van der Waals surface area contributed by atoms with E-state index >= 15 is 0 Å². The van der Waals surface area contributed by atoms with Crippen molar-refractivity contribution >= 4 is 0 Å². The summed E-state index contributed by atoms with van der Waals surface area (Å²) in [7, 11) is 0. The molecule has 0 aliphatic carbocycles. The third-order valence-corrected chi connectivity index (χ3v) is 1.98. The van der Waals surface area contributed by atoms with Crippen molar-refractivity contribution < 1.29 is 5.11 Å². The highest BCUT2D eigenvalue weighted by Gasteiger charge is 2.19. The molecule has 2 nitrogen and oxygen atoms in total. The van der Waals surface area contributed by atoms with E-state index < -0.39 is 0 Å². The van der Waals surface area contributed by atoms with Crippen molar-refractivity contribution in [3.8, 4) is 0 Å². The van der Waals surface area contributed by atoms with Gasteiger partial charge in [0.2, 0.25) is 0 Å². The molecule has 9 heavy (non-hydrogen) atoms. The second kappa shape index (κ2) is 3.18. The zero-order valence-electron chi connectivity index (χ0n) is 5.93. The van der Waals surface area contributed by atoms with Gasteiger partial charge in [-0.1, -0.05) is 0 Å². The highest BCUT2D eigenvalue weighted by molar-refractivity contribution is 4.77. The Hall–Kier alpha value is -0.0800. The Morgan fingerprint density at radius 3 is 2.89 bits per heavy atom. The van der Waals surface area contributed by atoms with E-state index in [4.69, 9.17) is 5.11 Å². The third-order valence-electron chi connectivity index (χ3n) is 1.98. The first-order valence-electron chi connectivity index (χ1n) is 3.67. The number of aliphatic hydroxyl groups excluding tert-OH is 1. The lowest BCUT2D eigenvalue weighted by atomic mass is 10.0. The van der Waals surface area contributed by atoms with Crippen LogP contribution in [0.2, 0.25) is 0 Å². The van der Waals surface area contributed by atoms with Crippen molar-refractivity contribution in [1.29, 1.82) is 0 Å². The molecule has 0 saturated carbocycles. The minimum Gasteiger partial charge on any atom is -0.396 e. The molecule has 0 radical (unpaired) electrons. The topological polar surface area (TPSA) is 32.3 Å². The zero-order valence-corrected chi connectivity index (χ0v) is 5.93. The molecule has 0 aromatic heterocycles.